The van der Waals surface area contributed by atoms with E-state index in [1.54, 1.807) is 30.3 Å². The zero-order valence-electron chi connectivity index (χ0n) is 15.0. The second-order valence-corrected chi connectivity index (χ2v) is 6.70. The highest BCUT2D eigenvalue weighted by Crippen LogP contribution is 2.27. The van der Waals surface area contributed by atoms with Crippen molar-refractivity contribution in [2.45, 2.75) is 18.9 Å². The van der Waals surface area contributed by atoms with Crippen molar-refractivity contribution >= 4 is 24.1 Å². The number of benzene rings is 2. The molecule has 2 aromatic carbocycles. The number of amides is 1. The van der Waals surface area contributed by atoms with Crippen LogP contribution in [0.15, 0.2) is 42.5 Å². The number of carbonyl (C=O) groups excluding carboxylic acids is 2. The molecule has 0 bridgehead atoms. The van der Waals surface area contributed by atoms with Crippen molar-refractivity contribution in [2.24, 2.45) is 0 Å². The lowest BCUT2D eigenvalue weighted by Gasteiger charge is -2.21. The number of rotatable bonds is 5. The number of aliphatic hydroxyl groups is 1. The number of phenols is 1. The average molecular weight is 391 g/mol. The van der Waals surface area contributed by atoms with Crippen molar-refractivity contribution in [3.8, 4) is 16.9 Å². The number of carbonyl (C=O) groups is 2. The van der Waals surface area contributed by atoms with E-state index in [1.165, 1.54) is 13.0 Å². The summed E-state index contributed by atoms with van der Waals surface area (Å²) >= 11 is 0. The Morgan fingerprint density at radius 1 is 1.19 bits per heavy atom. The maximum absolute atomic E-state index is 12.4. The highest BCUT2D eigenvalue weighted by atomic mass is 35.5. The van der Waals surface area contributed by atoms with Crippen molar-refractivity contribution in [3.05, 3.63) is 53.6 Å². The predicted molar refractivity (Wildman–Crippen MR) is 106 cm³/mol. The Bertz CT molecular complexity index is 848. The van der Waals surface area contributed by atoms with Gasteiger partial charge in [0.2, 0.25) is 0 Å². The number of hydrogen-bond acceptors (Lipinski definition) is 5. The lowest BCUT2D eigenvalue weighted by atomic mass is 9.99. The summed E-state index contributed by atoms with van der Waals surface area (Å²) in [6.45, 7) is 2.79. The van der Waals surface area contributed by atoms with Gasteiger partial charge in [0.15, 0.2) is 5.78 Å². The number of ketones is 1. The second kappa shape index (κ2) is 8.52. The van der Waals surface area contributed by atoms with Crippen LogP contribution in [0.1, 0.15) is 34.1 Å². The summed E-state index contributed by atoms with van der Waals surface area (Å²) in [6, 6.07) is 11.8. The molecule has 1 saturated heterocycles. The van der Waals surface area contributed by atoms with Gasteiger partial charge in [-0.2, -0.15) is 0 Å². The molecule has 3 rings (SSSR count). The van der Waals surface area contributed by atoms with Crippen LogP contribution in [0.3, 0.4) is 0 Å². The van der Waals surface area contributed by atoms with Gasteiger partial charge in [-0.25, -0.2) is 0 Å². The molecular weight excluding hydrogens is 368 g/mol. The van der Waals surface area contributed by atoms with Crippen LogP contribution >= 0.6 is 12.4 Å². The first kappa shape index (κ1) is 20.9. The molecule has 1 aliphatic rings. The molecule has 0 aliphatic carbocycles. The highest BCUT2D eigenvalue weighted by molar-refractivity contribution is 5.98. The summed E-state index contributed by atoms with van der Waals surface area (Å²) in [5.74, 6) is -0.553. The molecule has 1 unspecified atom stereocenters. The minimum Gasteiger partial charge on any atom is -0.507 e. The van der Waals surface area contributed by atoms with E-state index in [1.807, 2.05) is 6.07 Å². The molecule has 0 saturated carbocycles. The number of aromatic hydroxyl groups is 1. The Labute approximate surface area is 164 Å². The summed E-state index contributed by atoms with van der Waals surface area (Å²) in [4.78, 5) is 24.0. The number of phenolic OH excluding ortho intramolecular Hbond substituents is 1. The van der Waals surface area contributed by atoms with Gasteiger partial charge in [0.1, 0.15) is 5.75 Å². The van der Waals surface area contributed by atoms with Gasteiger partial charge in [-0.05, 0) is 55.3 Å². The highest BCUT2D eigenvalue weighted by Gasteiger charge is 2.31. The molecule has 1 heterocycles. The molecule has 0 spiro atoms. The molecular formula is C20H23ClN2O4. The van der Waals surface area contributed by atoms with Crippen molar-refractivity contribution in [1.82, 2.24) is 10.6 Å². The van der Waals surface area contributed by atoms with Crippen LogP contribution in [-0.2, 0) is 0 Å². The average Bonchev–Trinajstić information content (AvgIpc) is 3.07. The molecule has 1 amide bonds. The lowest BCUT2D eigenvalue weighted by molar-refractivity contribution is 0.0562. The Balaban J connectivity index is 0.00000261. The van der Waals surface area contributed by atoms with E-state index in [4.69, 9.17) is 0 Å². The third-order valence-electron chi connectivity index (χ3n) is 4.63. The summed E-state index contributed by atoms with van der Waals surface area (Å²) < 4.78 is 0. The summed E-state index contributed by atoms with van der Waals surface area (Å²) in [6.07, 6.45) is 0.606. The van der Waals surface area contributed by atoms with Gasteiger partial charge in [0.25, 0.3) is 5.91 Å². The number of halogens is 1. The molecule has 2 aromatic rings. The maximum atomic E-state index is 12.4. The Hall–Kier alpha value is -2.41. The van der Waals surface area contributed by atoms with E-state index in [-0.39, 0.29) is 42.0 Å². The van der Waals surface area contributed by atoms with Crippen molar-refractivity contribution < 1.29 is 19.8 Å². The third kappa shape index (κ3) is 4.86. The van der Waals surface area contributed by atoms with E-state index in [0.29, 0.717) is 18.5 Å². The zero-order valence-corrected chi connectivity index (χ0v) is 15.8. The summed E-state index contributed by atoms with van der Waals surface area (Å²) in [5.41, 5.74) is 1.31. The van der Waals surface area contributed by atoms with Crippen molar-refractivity contribution in [3.63, 3.8) is 0 Å². The quantitative estimate of drug-likeness (QED) is 0.586. The summed E-state index contributed by atoms with van der Waals surface area (Å²) in [7, 11) is 0. The van der Waals surface area contributed by atoms with Crippen molar-refractivity contribution in [1.29, 1.82) is 0 Å². The van der Waals surface area contributed by atoms with Gasteiger partial charge in [0, 0.05) is 18.7 Å². The van der Waals surface area contributed by atoms with E-state index >= 15 is 0 Å². The normalized spacial score (nSPS) is 18.6. The molecule has 7 heteroatoms. The molecule has 0 aromatic heterocycles. The van der Waals surface area contributed by atoms with Gasteiger partial charge < -0.3 is 20.8 Å². The number of β-amino-alcohol motifs (C(OH)–C–C–N with tert-alkyl or cyclic N) is 1. The fourth-order valence-electron chi connectivity index (χ4n) is 3.07. The number of Topliss-reactive ketones (excluding diaryl/α,β-unsaturated/α-hetero) is 1. The molecule has 0 radical (unpaired) electrons. The molecule has 144 valence electrons. The molecule has 27 heavy (non-hydrogen) atoms. The largest absolute Gasteiger partial charge is 0.507 e. The Morgan fingerprint density at radius 3 is 2.59 bits per heavy atom. The van der Waals surface area contributed by atoms with Gasteiger partial charge in [-0.3, -0.25) is 9.59 Å². The molecule has 6 nitrogen and oxygen atoms in total. The van der Waals surface area contributed by atoms with Gasteiger partial charge >= 0.3 is 0 Å². The smallest absolute Gasteiger partial charge is 0.251 e. The van der Waals surface area contributed by atoms with Gasteiger partial charge in [-0.15, -0.1) is 12.4 Å². The van der Waals surface area contributed by atoms with Crippen LogP contribution in [0.4, 0.5) is 0 Å². The third-order valence-corrected chi connectivity index (χ3v) is 4.63. The van der Waals surface area contributed by atoms with E-state index in [2.05, 4.69) is 10.6 Å². The zero-order chi connectivity index (χ0) is 18.7. The topological polar surface area (TPSA) is 98.7 Å². The van der Waals surface area contributed by atoms with E-state index in [9.17, 15) is 19.8 Å². The first-order valence-corrected chi connectivity index (χ1v) is 8.54. The van der Waals surface area contributed by atoms with Crippen LogP contribution in [0.2, 0.25) is 0 Å². The summed E-state index contributed by atoms with van der Waals surface area (Å²) in [5, 5.41) is 25.9. The molecule has 1 fully saturated rings. The Morgan fingerprint density at radius 2 is 1.93 bits per heavy atom. The fourth-order valence-corrected chi connectivity index (χ4v) is 3.07. The van der Waals surface area contributed by atoms with Crippen LogP contribution in [0.5, 0.6) is 5.75 Å². The first-order valence-electron chi connectivity index (χ1n) is 8.54. The number of hydrogen-bond donors (Lipinski definition) is 4. The number of nitrogens with one attached hydrogen (secondary N) is 2. The molecule has 1 atom stereocenters. The minimum absolute atomic E-state index is 0. The monoisotopic (exact) mass is 390 g/mol. The van der Waals surface area contributed by atoms with Gasteiger partial charge in [0.05, 0.1) is 11.2 Å². The van der Waals surface area contributed by atoms with Crippen LogP contribution < -0.4 is 10.6 Å². The van der Waals surface area contributed by atoms with Crippen LogP contribution in [0.25, 0.3) is 11.1 Å². The fraction of sp³-hybridized carbons (Fsp3) is 0.300. The maximum Gasteiger partial charge on any atom is 0.251 e. The van der Waals surface area contributed by atoms with E-state index in [0.717, 1.165) is 17.7 Å². The predicted octanol–water partition coefficient (Wildman–Crippen LogP) is 2.14. The van der Waals surface area contributed by atoms with Crippen LogP contribution in [-0.4, -0.2) is 47.1 Å². The van der Waals surface area contributed by atoms with Crippen molar-refractivity contribution in [2.75, 3.05) is 19.6 Å². The van der Waals surface area contributed by atoms with E-state index < -0.39 is 5.60 Å². The Kier molecular flexibility index (Phi) is 6.59. The molecule has 1 aliphatic heterocycles. The first-order chi connectivity index (χ1) is 12.4. The SMILES string of the molecule is CC(=O)c1cc(-c2cccc(C(=O)NCC3(O)CCNC3)c2)ccc1O.Cl. The van der Waals surface area contributed by atoms with Gasteiger partial charge in [-0.1, -0.05) is 18.2 Å². The van der Waals surface area contributed by atoms with Crippen LogP contribution in [0, 0.1) is 0 Å². The standard InChI is InChI=1S/C20H22N2O4.ClH/c1-13(23)17-10-15(5-6-18(17)24)14-3-2-4-16(9-14)19(25)22-12-20(26)7-8-21-11-20;/h2-6,9-10,21,24,26H,7-8,11-12H2,1H3,(H,22,25);1H. The lowest BCUT2D eigenvalue weighted by Crippen LogP contribution is -2.44. The molecule has 4 N–H and O–H groups in total. The minimum atomic E-state index is -0.902. The second-order valence-electron chi connectivity index (χ2n) is 6.70.